The molecule has 0 heterocycles. The lowest BCUT2D eigenvalue weighted by molar-refractivity contribution is -0.137. The van der Waals surface area contributed by atoms with Gasteiger partial charge in [-0.05, 0) is 29.8 Å². The molecule has 1 N–H and O–H groups in total. The molecule has 0 amide bonds. The van der Waals surface area contributed by atoms with Gasteiger partial charge in [0.2, 0.25) is 0 Å². The number of hydrogen-bond donors (Lipinski definition) is 1. The number of aliphatic carboxylic acids is 1. The van der Waals surface area contributed by atoms with Gasteiger partial charge in [-0.25, -0.2) is 4.79 Å². The predicted molar refractivity (Wildman–Crippen MR) is 52.8 cm³/mol. The standard InChI is InChI=1S/C11H6F3NO2/c12-11(13,14)9-4-7(1-2-10(16)17)3-8(5-9)6-15/h1-5H,(H,16,17)/b2-1+. The van der Waals surface area contributed by atoms with E-state index in [2.05, 4.69) is 0 Å². The maximum absolute atomic E-state index is 12.4. The molecule has 1 rings (SSSR count). The van der Waals surface area contributed by atoms with E-state index in [0.717, 1.165) is 12.1 Å². The van der Waals surface area contributed by atoms with Crippen LogP contribution in [0.3, 0.4) is 0 Å². The summed E-state index contributed by atoms with van der Waals surface area (Å²) in [4.78, 5) is 10.2. The fraction of sp³-hybridized carbons (Fsp3) is 0.0909. The highest BCUT2D eigenvalue weighted by molar-refractivity contribution is 5.85. The minimum absolute atomic E-state index is 0.0128. The molecular weight excluding hydrogens is 235 g/mol. The molecule has 0 saturated carbocycles. The fourth-order valence-electron chi connectivity index (χ4n) is 1.14. The first-order chi connectivity index (χ1) is 7.82. The molecule has 0 atom stereocenters. The third-order valence-corrected chi connectivity index (χ3v) is 1.83. The second-order valence-electron chi connectivity index (χ2n) is 3.12. The van der Waals surface area contributed by atoms with Gasteiger partial charge in [0.05, 0.1) is 17.2 Å². The molecule has 6 heteroatoms. The van der Waals surface area contributed by atoms with Crippen molar-refractivity contribution in [1.29, 1.82) is 5.26 Å². The summed E-state index contributed by atoms with van der Waals surface area (Å²) in [5.41, 5.74) is -1.15. The number of nitrogens with zero attached hydrogens (tertiary/aromatic N) is 1. The third kappa shape index (κ3) is 3.65. The maximum atomic E-state index is 12.4. The van der Waals surface area contributed by atoms with Gasteiger partial charge in [-0.2, -0.15) is 18.4 Å². The highest BCUT2D eigenvalue weighted by atomic mass is 19.4. The van der Waals surface area contributed by atoms with Crippen LogP contribution in [0.25, 0.3) is 6.08 Å². The number of benzene rings is 1. The number of rotatable bonds is 2. The van der Waals surface area contributed by atoms with Crippen molar-refractivity contribution in [2.45, 2.75) is 6.18 Å². The Bertz CT molecular complexity index is 512. The van der Waals surface area contributed by atoms with Crippen molar-refractivity contribution >= 4 is 12.0 Å². The van der Waals surface area contributed by atoms with Crippen LogP contribution in [0.1, 0.15) is 16.7 Å². The maximum Gasteiger partial charge on any atom is 0.416 e. The first-order valence-corrected chi connectivity index (χ1v) is 4.36. The number of halogens is 3. The quantitative estimate of drug-likeness (QED) is 0.809. The van der Waals surface area contributed by atoms with Crippen molar-refractivity contribution in [3.63, 3.8) is 0 Å². The molecule has 0 radical (unpaired) electrons. The second-order valence-corrected chi connectivity index (χ2v) is 3.12. The molecule has 0 aliphatic rings. The van der Waals surface area contributed by atoms with Gasteiger partial charge in [0.15, 0.2) is 0 Å². The minimum Gasteiger partial charge on any atom is -0.478 e. The lowest BCUT2D eigenvalue weighted by atomic mass is 10.1. The zero-order valence-corrected chi connectivity index (χ0v) is 8.32. The summed E-state index contributed by atoms with van der Waals surface area (Å²) in [7, 11) is 0. The summed E-state index contributed by atoms with van der Waals surface area (Å²) < 4.78 is 37.3. The molecule has 0 fully saturated rings. The number of carbonyl (C=O) groups is 1. The molecule has 0 saturated heterocycles. The Morgan fingerprint density at radius 3 is 2.47 bits per heavy atom. The first kappa shape index (κ1) is 12.8. The molecule has 0 aliphatic heterocycles. The van der Waals surface area contributed by atoms with E-state index in [1.165, 1.54) is 6.07 Å². The molecule has 0 unspecified atom stereocenters. The van der Waals surface area contributed by atoms with E-state index in [9.17, 15) is 18.0 Å². The number of hydrogen-bond acceptors (Lipinski definition) is 2. The Hall–Kier alpha value is -2.29. The van der Waals surface area contributed by atoms with Crippen LogP contribution in [0.4, 0.5) is 13.2 Å². The Morgan fingerprint density at radius 2 is 2.00 bits per heavy atom. The summed E-state index contributed by atoms with van der Waals surface area (Å²) >= 11 is 0. The summed E-state index contributed by atoms with van der Waals surface area (Å²) in [6.07, 6.45) is -2.87. The lowest BCUT2D eigenvalue weighted by Gasteiger charge is -2.07. The van der Waals surface area contributed by atoms with Crippen LogP contribution in [0.2, 0.25) is 0 Å². The number of carboxylic acid groups (broad SMARTS) is 1. The van der Waals surface area contributed by atoms with Gasteiger partial charge in [0.1, 0.15) is 0 Å². The summed E-state index contributed by atoms with van der Waals surface area (Å²) in [5.74, 6) is -1.28. The van der Waals surface area contributed by atoms with E-state index >= 15 is 0 Å². The van der Waals surface area contributed by atoms with Gasteiger partial charge < -0.3 is 5.11 Å². The molecule has 0 aromatic heterocycles. The summed E-state index contributed by atoms with van der Waals surface area (Å²) in [5, 5.41) is 16.9. The van der Waals surface area contributed by atoms with E-state index < -0.39 is 17.7 Å². The van der Waals surface area contributed by atoms with Crippen molar-refractivity contribution in [3.8, 4) is 6.07 Å². The van der Waals surface area contributed by atoms with E-state index in [4.69, 9.17) is 10.4 Å². The van der Waals surface area contributed by atoms with E-state index in [0.29, 0.717) is 12.1 Å². The molecule has 3 nitrogen and oxygen atoms in total. The molecular formula is C11H6F3NO2. The molecule has 0 aliphatic carbocycles. The Labute approximate surface area is 94.4 Å². The Balaban J connectivity index is 3.25. The Morgan fingerprint density at radius 1 is 1.35 bits per heavy atom. The topological polar surface area (TPSA) is 61.1 Å². The Kier molecular flexibility index (Phi) is 3.53. The van der Waals surface area contributed by atoms with Crippen molar-refractivity contribution < 1.29 is 23.1 Å². The van der Waals surface area contributed by atoms with Gasteiger partial charge in [-0.15, -0.1) is 0 Å². The van der Waals surface area contributed by atoms with Crippen molar-refractivity contribution in [1.82, 2.24) is 0 Å². The van der Waals surface area contributed by atoms with Crippen LogP contribution < -0.4 is 0 Å². The SMILES string of the molecule is N#Cc1cc(/C=C/C(=O)O)cc(C(F)(F)F)c1. The molecule has 1 aromatic carbocycles. The van der Waals surface area contributed by atoms with E-state index in [-0.39, 0.29) is 11.1 Å². The van der Waals surface area contributed by atoms with Crippen LogP contribution in [0.15, 0.2) is 24.3 Å². The monoisotopic (exact) mass is 241 g/mol. The smallest absolute Gasteiger partial charge is 0.416 e. The zero-order chi connectivity index (χ0) is 13.1. The van der Waals surface area contributed by atoms with Crippen molar-refractivity contribution in [2.75, 3.05) is 0 Å². The molecule has 0 spiro atoms. The van der Waals surface area contributed by atoms with Crippen LogP contribution >= 0.6 is 0 Å². The van der Waals surface area contributed by atoms with Crippen LogP contribution in [-0.4, -0.2) is 11.1 Å². The number of carboxylic acids is 1. The van der Waals surface area contributed by atoms with Gasteiger partial charge >= 0.3 is 12.1 Å². The molecule has 88 valence electrons. The zero-order valence-electron chi connectivity index (χ0n) is 8.32. The van der Waals surface area contributed by atoms with Gasteiger partial charge in [0, 0.05) is 6.08 Å². The summed E-state index contributed by atoms with van der Waals surface area (Å²) in [6, 6.07) is 4.25. The van der Waals surface area contributed by atoms with Crippen molar-refractivity contribution in [3.05, 3.63) is 41.0 Å². The first-order valence-electron chi connectivity index (χ1n) is 4.36. The van der Waals surface area contributed by atoms with Crippen molar-refractivity contribution in [2.24, 2.45) is 0 Å². The van der Waals surface area contributed by atoms with Gasteiger partial charge in [-0.3, -0.25) is 0 Å². The summed E-state index contributed by atoms with van der Waals surface area (Å²) in [6.45, 7) is 0. The van der Waals surface area contributed by atoms with Gasteiger partial charge in [0.25, 0.3) is 0 Å². The molecule has 1 aromatic rings. The third-order valence-electron chi connectivity index (χ3n) is 1.83. The highest BCUT2D eigenvalue weighted by Gasteiger charge is 2.31. The second kappa shape index (κ2) is 4.70. The normalized spacial score (nSPS) is 11.4. The largest absolute Gasteiger partial charge is 0.478 e. The van der Waals surface area contributed by atoms with Gasteiger partial charge in [-0.1, -0.05) is 0 Å². The number of nitriles is 1. The predicted octanol–water partition coefficient (Wildman–Crippen LogP) is 2.67. The lowest BCUT2D eigenvalue weighted by Crippen LogP contribution is -2.05. The number of alkyl halides is 3. The van der Waals surface area contributed by atoms with Crippen LogP contribution in [0, 0.1) is 11.3 Å². The minimum atomic E-state index is -4.57. The fourth-order valence-corrected chi connectivity index (χ4v) is 1.14. The average molecular weight is 241 g/mol. The highest BCUT2D eigenvalue weighted by Crippen LogP contribution is 2.30. The molecule has 17 heavy (non-hydrogen) atoms. The van der Waals surface area contributed by atoms with E-state index in [1.54, 1.807) is 6.07 Å². The van der Waals surface area contributed by atoms with Crippen LogP contribution in [-0.2, 0) is 11.0 Å². The average Bonchev–Trinajstić information content (AvgIpc) is 2.24. The molecule has 0 bridgehead atoms. The van der Waals surface area contributed by atoms with E-state index in [1.807, 2.05) is 0 Å². The van der Waals surface area contributed by atoms with Crippen LogP contribution in [0.5, 0.6) is 0 Å².